The molecule has 1 aliphatic rings. The number of hydrogen-bond donors (Lipinski definition) is 1. The zero-order valence-corrected chi connectivity index (χ0v) is 12.4. The minimum atomic E-state index is 0.264. The highest BCUT2D eigenvalue weighted by Gasteiger charge is 2.31. The van der Waals surface area contributed by atoms with Crippen molar-refractivity contribution in [2.75, 3.05) is 31.1 Å². The second kappa shape index (κ2) is 6.29. The summed E-state index contributed by atoms with van der Waals surface area (Å²) in [5, 5.41) is 3.70. The van der Waals surface area contributed by atoms with Crippen molar-refractivity contribution in [1.29, 1.82) is 0 Å². The first-order valence-electron chi connectivity index (χ1n) is 7.46. The lowest BCUT2D eigenvalue weighted by Crippen LogP contribution is -2.60. The standard InChI is InChI=1S/C16H26N2O/c1-4-16(5-2)13-18(11-10-17-16)14-8-7-9-15(12-14)19-6-3/h7-9,12,17H,4-6,10-11,13H2,1-3H3. The fourth-order valence-corrected chi connectivity index (χ4v) is 2.84. The van der Waals surface area contributed by atoms with Crippen molar-refractivity contribution in [3.8, 4) is 5.75 Å². The van der Waals surface area contributed by atoms with E-state index in [1.807, 2.05) is 13.0 Å². The molecule has 19 heavy (non-hydrogen) atoms. The molecule has 1 aromatic carbocycles. The van der Waals surface area contributed by atoms with E-state index in [2.05, 4.69) is 42.3 Å². The van der Waals surface area contributed by atoms with Crippen molar-refractivity contribution in [2.24, 2.45) is 0 Å². The Morgan fingerprint density at radius 1 is 1.26 bits per heavy atom. The maximum absolute atomic E-state index is 5.60. The van der Waals surface area contributed by atoms with Crippen LogP contribution < -0.4 is 15.0 Å². The van der Waals surface area contributed by atoms with E-state index in [9.17, 15) is 0 Å². The fraction of sp³-hybridized carbons (Fsp3) is 0.625. The Kier molecular flexibility index (Phi) is 4.70. The number of nitrogens with one attached hydrogen (secondary N) is 1. The molecule has 0 unspecified atom stereocenters. The Morgan fingerprint density at radius 3 is 2.74 bits per heavy atom. The number of anilines is 1. The molecular formula is C16H26N2O. The molecule has 0 amide bonds. The summed E-state index contributed by atoms with van der Waals surface area (Å²) in [5.41, 5.74) is 1.54. The molecular weight excluding hydrogens is 236 g/mol. The van der Waals surface area contributed by atoms with Crippen molar-refractivity contribution in [1.82, 2.24) is 5.32 Å². The zero-order chi connectivity index (χ0) is 13.7. The van der Waals surface area contributed by atoms with Gasteiger partial charge in [-0.2, -0.15) is 0 Å². The van der Waals surface area contributed by atoms with Crippen LogP contribution in [-0.4, -0.2) is 31.8 Å². The molecule has 0 bridgehead atoms. The van der Waals surface area contributed by atoms with Crippen LogP contribution in [0.5, 0.6) is 5.75 Å². The van der Waals surface area contributed by atoms with Gasteiger partial charge in [0.1, 0.15) is 5.75 Å². The molecule has 3 heteroatoms. The smallest absolute Gasteiger partial charge is 0.121 e. The van der Waals surface area contributed by atoms with Gasteiger partial charge in [0.05, 0.1) is 6.61 Å². The predicted octanol–water partition coefficient (Wildman–Crippen LogP) is 3.05. The van der Waals surface area contributed by atoms with Crippen LogP contribution in [0.1, 0.15) is 33.6 Å². The van der Waals surface area contributed by atoms with E-state index in [1.54, 1.807) is 0 Å². The highest BCUT2D eigenvalue weighted by molar-refractivity contribution is 5.51. The first-order valence-corrected chi connectivity index (χ1v) is 7.46. The van der Waals surface area contributed by atoms with Crippen LogP contribution in [0.25, 0.3) is 0 Å². The summed E-state index contributed by atoms with van der Waals surface area (Å²) in [6.45, 7) is 10.5. The van der Waals surface area contributed by atoms with Gasteiger partial charge in [0.2, 0.25) is 0 Å². The number of ether oxygens (including phenoxy) is 1. The molecule has 0 aromatic heterocycles. The second-order valence-electron chi connectivity index (χ2n) is 5.27. The average molecular weight is 262 g/mol. The minimum Gasteiger partial charge on any atom is -0.494 e. The first-order chi connectivity index (χ1) is 9.23. The molecule has 1 N–H and O–H groups in total. The van der Waals surface area contributed by atoms with Gasteiger partial charge in [-0.15, -0.1) is 0 Å². The topological polar surface area (TPSA) is 24.5 Å². The molecule has 1 saturated heterocycles. The van der Waals surface area contributed by atoms with Gasteiger partial charge in [-0.3, -0.25) is 0 Å². The second-order valence-corrected chi connectivity index (χ2v) is 5.27. The van der Waals surface area contributed by atoms with Gasteiger partial charge in [0.25, 0.3) is 0 Å². The minimum absolute atomic E-state index is 0.264. The molecule has 1 aromatic rings. The summed E-state index contributed by atoms with van der Waals surface area (Å²) in [4.78, 5) is 2.48. The average Bonchev–Trinajstić information content (AvgIpc) is 2.48. The predicted molar refractivity (Wildman–Crippen MR) is 81.1 cm³/mol. The maximum atomic E-state index is 5.60. The van der Waals surface area contributed by atoms with Gasteiger partial charge in [-0.25, -0.2) is 0 Å². The van der Waals surface area contributed by atoms with Crippen molar-refractivity contribution >= 4 is 5.69 Å². The summed E-state index contributed by atoms with van der Waals surface area (Å²) in [6, 6.07) is 8.46. The largest absolute Gasteiger partial charge is 0.494 e. The lowest BCUT2D eigenvalue weighted by atomic mass is 9.90. The monoisotopic (exact) mass is 262 g/mol. The SMILES string of the molecule is CCOc1cccc(N2CCNC(CC)(CC)C2)c1. The number of hydrogen-bond acceptors (Lipinski definition) is 3. The summed E-state index contributed by atoms with van der Waals surface area (Å²) in [7, 11) is 0. The third-order valence-corrected chi connectivity index (χ3v) is 4.22. The number of nitrogens with zero attached hydrogens (tertiary/aromatic N) is 1. The Labute approximate surface area is 116 Å². The molecule has 106 valence electrons. The highest BCUT2D eigenvalue weighted by Crippen LogP contribution is 2.27. The molecule has 0 radical (unpaired) electrons. The van der Waals surface area contributed by atoms with Crippen LogP contribution in [0, 0.1) is 0 Å². The third kappa shape index (κ3) is 3.21. The Hall–Kier alpha value is -1.22. The van der Waals surface area contributed by atoms with Crippen molar-refractivity contribution in [2.45, 2.75) is 39.2 Å². The van der Waals surface area contributed by atoms with E-state index in [4.69, 9.17) is 4.74 Å². The number of rotatable bonds is 5. The third-order valence-electron chi connectivity index (χ3n) is 4.22. The van der Waals surface area contributed by atoms with Gasteiger partial charge < -0.3 is 15.0 Å². The van der Waals surface area contributed by atoms with Crippen LogP contribution in [-0.2, 0) is 0 Å². The molecule has 1 aliphatic heterocycles. The molecule has 0 saturated carbocycles. The Bertz CT molecular complexity index is 401. The van der Waals surface area contributed by atoms with Gasteiger partial charge in [0.15, 0.2) is 0 Å². The highest BCUT2D eigenvalue weighted by atomic mass is 16.5. The lowest BCUT2D eigenvalue weighted by Gasteiger charge is -2.44. The van der Waals surface area contributed by atoms with Gasteiger partial charge in [-0.1, -0.05) is 19.9 Å². The Balaban J connectivity index is 2.14. The van der Waals surface area contributed by atoms with Crippen LogP contribution >= 0.6 is 0 Å². The van der Waals surface area contributed by atoms with E-state index in [0.717, 1.165) is 32.0 Å². The van der Waals surface area contributed by atoms with E-state index in [-0.39, 0.29) is 5.54 Å². The molecule has 0 aliphatic carbocycles. The Morgan fingerprint density at radius 2 is 2.05 bits per heavy atom. The van der Waals surface area contributed by atoms with Crippen LogP contribution in [0.15, 0.2) is 24.3 Å². The van der Waals surface area contributed by atoms with Crippen LogP contribution in [0.3, 0.4) is 0 Å². The molecule has 1 fully saturated rings. The van der Waals surface area contributed by atoms with Crippen molar-refractivity contribution < 1.29 is 4.74 Å². The number of piperazine rings is 1. The summed E-state index contributed by atoms with van der Waals surface area (Å²) in [5.74, 6) is 0.970. The van der Waals surface area contributed by atoms with Crippen LogP contribution in [0.4, 0.5) is 5.69 Å². The molecule has 0 atom stereocenters. The van der Waals surface area contributed by atoms with Gasteiger partial charge >= 0.3 is 0 Å². The maximum Gasteiger partial charge on any atom is 0.121 e. The molecule has 0 spiro atoms. The van der Waals surface area contributed by atoms with E-state index >= 15 is 0 Å². The first kappa shape index (κ1) is 14.2. The van der Waals surface area contributed by atoms with Crippen molar-refractivity contribution in [3.63, 3.8) is 0 Å². The van der Waals surface area contributed by atoms with E-state index < -0.39 is 0 Å². The lowest BCUT2D eigenvalue weighted by molar-refractivity contribution is 0.277. The summed E-state index contributed by atoms with van der Waals surface area (Å²) >= 11 is 0. The van der Waals surface area contributed by atoms with Crippen molar-refractivity contribution in [3.05, 3.63) is 24.3 Å². The van der Waals surface area contributed by atoms with E-state index in [0.29, 0.717) is 0 Å². The summed E-state index contributed by atoms with van der Waals surface area (Å²) in [6.07, 6.45) is 2.34. The van der Waals surface area contributed by atoms with Gasteiger partial charge in [0, 0.05) is 36.9 Å². The normalized spacial score (nSPS) is 18.4. The van der Waals surface area contributed by atoms with Gasteiger partial charge in [-0.05, 0) is 31.9 Å². The fourth-order valence-electron chi connectivity index (χ4n) is 2.84. The van der Waals surface area contributed by atoms with E-state index in [1.165, 1.54) is 18.5 Å². The quantitative estimate of drug-likeness (QED) is 0.882. The molecule has 2 rings (SSSR count). The molecule has 3 nitrogen and oxygen atoms in total. The molecule has 1 heterocycles. The summed E-state index contributed by atoms with van der Waals surface area (Å²) < 4.78 is 5.60. The zero-order valence-electron chi connectivity index (χ0n) is 12.4. The van der Waals surface area contributed by atoms with Crippen LogP contribution in [0.2, 0.25) is 0 Å². The number of benzene rings is 1.